The number of benzene rings is 1. The average Bonchev–Trinajstić information content (AvgIpc) is 2.95. The highest BCUT2D eigenvalue weighted by atomic mass is 35.5. The van der Waals surface area contributed by atoms with Crippen molar-refractivity contribution in [3.8, 4) is 0 Å². The van der Waals surface area contributed by atoms with Gasteiger partial charge in [0.25, 0.3) is 5.91 Å². The molecule has 0 bridgehead atoms. The third-order valence-corrected chi connectivity index (χ3v) is 5.62. The van der Waals surface area contributed by atoms with Gasteiger partial charge in [-0.15, -0.1) is 0 Å². The molecule has 1 fully saturated rings. The molecule has 2 heterocycles. The Morgan fingerprint density at radius 2 is 2.19 bits per heavy atom. The van der Waals surface area contributed by atoms with Crippen LogP contribution in [-0.4, -0.2) is 46.1 Å². The molecular weight excluding hydrogens is 306 g/mol. The maximum atomic E-state index is 12.4. The van der Waals surface area contributed by atoms with E-state index in [0.29, 0.717) is 25.3 Å². The first kappa shape index (κ1) is 14.9. The molecule has 3 rings (SSSR count). The molecule has 0 aromatic heterocycles. The van der Waals surface area contributed by atoms with Gasteiger partial charge in [0.15, 0.2) is 5.60 Å². The standard InChI is InChI=1S/C16H18ClNO2S/c17-14-4-2-1-3-13(14)12-5-8-18(9-6-12)15(19)16(20)7-10-21-11-16/h1-5,20H,6-11H2. The Hall–Kier alpha value is -0.970. The van der Waals surface area contributed by atoms with E-state index in [1.54, 1.807) is 16.7 Å². The summed E-state index contributed by atoms with van der Waals surface area (Å²) in [5.41, 5.74) is 1.07. The molecule has 2 aliphatic rings. The van der Waals surface area contributed by atoms with Crippen LogP contribution in [0.1, 0.15) is 18.4 Å². The van der Waals surface area contributed by atoms with Crippen molar-refractivity contribution in [2.24, 2.45) is 0 Å². The molecule has 1 aromatic carbocycles. The van der Waals surface area contributed by atoms with Gasteiger partial charge in [-0.05, 0) is 35.8 Å². The van der Waals surface area contributed by atoms with E-state index < -0.39 is 5.60 Å². The number of carbonyl (C=O) groups is 1. The largest absolute Gasteiger partial charge is 0.379 e. The highest BCUT2D eigenvalue weighted by Crippen LogP contribution is 2.32. The van der Waals surface area contributed by atoms with Crippen LogP contribution < -0.4 is 0 Å². The Morgan fingerprint density at radius 3 is 2.81 bits per heavy atom. The van der Waals surface area contributed by atoms with Crippen molar-refractivity contribution in [3.05, 3.63) is 40.9 Å². The van der Waals surface area contributed by atoms with Crippen LogP contribution in [0.25, 0.3) is 5.57 Å². The number of hydrogen-bond acceptors (Lipinski definition) is 3. The molecule has 112 valence electrons. The van der Waals surface area contributed by atoms with E-state index in [0.717, 1.165) is 22.8 Å². The normalized spacial score (nSPS) is 25.8. The molecule has 3 nitrogen and oxygen atoms in total. The van der Waals surface area contributed by atoms with Gasteiger partial charge in [-0.25, -0.2) is 0 Å². The number of rotatable bonds is 2. The van der Waals surface area contributed by atoms with Gasteiger partial charge < -0.3 is 10.0 Å². The first-order valence-electron chi connectivity index (χ1n) is 7.14. The highest BCUT2D eigenvalue weighted by molar-refractivity contribution is 7.99. The van der Waals surface area contributed by atoms with Gasteiger partial charge in [0.2, 0.25) is 0 Å². The van der Waals surface area contributed by atoms with Crippen LogP contribution in [0.4, 0.5) is 0 Å². The predicted molar refractivity (Wildman–Crippen MR) is 87.5 cm³/mol. The molecule has 0 spiro atoms. The summed E-state index contributed by atoms with van der Waals surface area (Å²) in [4.78, 5) is 14.2. The Bertz CT molecular complexity index is 581. The Morgan fingerprint density at radius 1 is 1.38 bits per heavy atom. The van der Waals surface area contributed by atoms with E-state index in [1.165, 1.54) is 5.57 Å². The maximum absolute atomic E-state index is 12.4. The second-order valence-corrected chi connectivity index (χ2v) is 7.06. The topological polar surface area (TPSA) is 40.5 Å². The first-order chi connectivity index (χ1) is 10.1. The monoisotopic (exact) mass is 323 g/mol. The zero-order valence-electron chi connectivity index (χ0n) is 11.7. The minimum Gasteiger partial charge on any atom is -0.379 e. The van der Waals surface area contributed by atoms with Gasteiger partial charge in [0, 0.05) is 23.9 Å². The predicted octanol–water partition coefficient (Wildman–Crippen LogP) is 2.82. The summed E-state index contributed by atoms with van der Waals surface area (Å²) in [5.74, 6) is 1.25. The van der Waals surface area contributed by atoms with Gasteiger partial charge in [0.05, 0.1) is 0 Å². The molecule has 1 aromatic rings. The van der Waals surface area contributed by atoms with Crippen molar-refractivity contribution in [1.82, 2.24) is 4.90 Å². The van der Waals surface area contributed by atoms with Crippen LogP contribution in [-0.2, 0) is 4.79 Å². The Kier molecular flexibility index (Phi) is 4.29. The molecule has 21 heavy (non-hydrogen) atoms. The number of hydrogen-bond donors (Lipinski definition) is 1. The minimum absolute atomic E-state index is 0.123. The Labute approximate surface area is 134 Å². The number of carbonyl (C=O) groups excluding carboxylic acids is 1. The maximum Gasteiger partial charge on any atom is 0.255 e. The lowest BCUT2D eigenvalue weighted by Crippen LogP contribution is -2.50. The van der Waals surface area contributed by atoms with Crippen LogP contribution in [0.5, 0.6) is 0 Å². The second kappa shape index (κ2) is 6.03. The number of aliphatic hydroxyl groups is 1. The fourth-order valence-electron chi connectivity index (χ4n) is 2.84. The number of nitrogens with zero attached hydrogens (tertiary/aromatic N) is 1. The van der Waals surface area contributed by atoms with Crippen molar-refractivity contribution < 1.29 is 9.90 Å². The summed E-state index contributed by atoms with van der Waals surface area (Å²) in [7, 11) is 0. The first-order valence-corrected chi connectivity index (χ1v) is 8.67. The van der Waals surface area contributed by atoms with Crippen molar-refractivity contribution >= 4 is 34.8 Å². The van der Waals surface area contributed by atoms with E-state index in [4.69, 9.17) is 11.6 Å². The smallest absolute Gasteiger partial charge is 0.255 e. The highest BCUT2D eigenvalue weighted by Gasteiger charge is 2.42. The third-order valence-electron chi connectivity index (χ3n) is 4.12. The molecule has 5 heteroatoms. The molecule has 0 radical (unpaired) electrons. The van der Waals surface area contributed by atoms with Crippen molar-refractivity contribution in [2.45, 2.75) is 18.4 Å². The summed E-state index contributed by atoms with van der Waals surface area (Å²) in [6.45, 7) is 1.19. The summed E-state index contributed by atoms with van der Waals surface area (Å²) < 4.78 is 0. The number of thioether (sulfide) groups is 1. The van der Waals surface area contributed by atoms with Gasteiger partial charge in [-0.3, -0.25) is 4.79 Å². The molecule has 0 saturated carbocycles. The van der Waals surface area contributed by atoms with Crippen molar-refractivity contribution in [2.75, 3.05) is 24.6 Å². The van der Waals surface area contributed by atoms with Crippen molar-refractivity contribution in [1.29, 1.82) is 0 Å². The SMILES string of the molecule is O=C(N1CC=C(c2ccccc2Cl)CC1)C1(O)CCSC1. The molecule has 1 atom stereocenters. The van der Waals surface area contributed by atoms with Crippen LogP contribution in [0, 0.1) is 0 Å². The molecule has 1 N–H and O–H groups in total. The van der Waals surface area contributed by atoms with E-state index >= 15 is 0 Å². The molecule has 1 saturated heterocycles. The van der Waals surface area contributed by atoms with Gasteiger partial charge in [-0.2, -0.15) is 11.8 Å². The van der Waals surface area contributed by atoms with E-state index in [1.807, 2.05) is 30.3 Å². The molecule has 2 aliphatic heterocycles. The van der Waals surface area contributed by atoms with Crippen LogP contribution in [0.2, 0.25) is 5.02 Å². The average molecular weight is 324 g/mol. The second-order valence-electron chi connectivity index (χ2n) is 5.54. The van der Waals surface area contributed by atoms with Gasteiger partial charge in [-0.1, -0.05) is 35.9 Å². The van der Waals surface area contributed by atoms with Crippen LogP contribution >= 0.6 is 23.4 Å². The minimum atomic E-state index is -1.15. The zero-order valence-corrected chi connectivity index (χ0v) is 13.3. The lowest BCUT2D eigenvalue weighted by Gasteiger charge is -2.32. The molecule has 1 unspecified atom stereocenters. The van der Waals surface area contributed by atoms with E-state index in [9.17, 15) is 9.90 Å². The number of amides is 1. The third kappa shape index (κ3) is 2.98. The summed E-state index contributed by atoms with van der Waals surface area (Å²) in [6.07, 6.45) is 3.39. The van der Waals surface area contributed by atoms with Crippen LogP contribution in [0.15, 0.2) is 30.3 Å². The van der Waals surface area contributed by atoms with Crippen LogP contribution in [0.3, 0.4) is 0 Å². The van der Waals surface area contributed by atoms with E-state index in [2.05, 4.69) is 0 Å². The zero-order chi connectivity index (χ0) is 14.9. The molecule has 0 aliphatic carbocycles. The van der Waals surface area contributed by atoms with Crippen molar-refractivity contribution in [3.63, 3.8) is 0 Å². The summed E-state index contributed by atoms with van der Waals surface area (Å²) in [5, 5.41) is 11.1. The van der Waals surface area contributed by atoms with E-state index in [-0.39, 0.29) is 5.91 Å². The molecular formula is C16H18ClNO2S. The van der Waals surface area contributed by atoms with Gasteiger partial charge in [0.1, 0.15) is 0 Å². The number of halogens is 1. The summed E-state index contributed by atoms with van der Waals surface area (Å²) in [6, 6.07) is 7.77. The van der Waals surface area contributed by atoms with Gasteiger partial charge >= 0.3 is 0 Å². The lowest BCUT2D eigenvalue weighted by molar-refractivity contribution is -0.148. The lowest BCUT2D eigenvalue weighted by atomic mass is 9.96. The fourth-order valence-corrected chi connectivity index (χ4v) is 4.33. The quantitative estimate of drug-likeness (QED) is 0.910. The fraction of sp³-hybridized carbons (Fsp3) is 0.438. The molecule has 1 amide bonds. The summed E-state index contributed by atoms with van der Waals surface area (Å²) >= 11 is 7.86. The Balaban J connectivity index is 1.72.